The monoisotopic (exact) mass is 445 g/mol. The van der Waals surface area contributed by atoms with E-state index in [0.717, 1.165) is 5.69 Å². The van der Waals surface area contributed by atoms with Gasteiger partial charge in [-0.3, -0.25) is 4.57 Å². The molecule has 1 aromatic carbocycles. The van der Waals surface area contributed by atoms with Crippen LogP contribution in [0.2, 0.25) is 0 Å². The SMILES string of the molecule is Nc1nc(N2CCN(c3ccc(F)cc3)CC2)c2ncn([C@@H]3O[C@H](CO)[C@@H](O)[C@H]3O)c2n1. The molecule has 0 unspecified atom stereocenters. The molecule has 2 aliphatic heterocycles. The summed E-state index contributed by atoms with van der Waals surface area (Å²) in [5.41, 5.74) is 7.79. The summed E-state index contributed by atoms with van der Waals surface area (Å²) in [6.45, 7) is 2.26. The van der Waals surface area contributed by atoms with Gasteiger partial charge in [0.2, 0.25) is 5.95 Å². The van der Waals surface area contributed by atoms with Gasteiger partial charge < -0.3 is 35.6 Å². The molecular weight excluding hydrogens is 421 g/mol. The van der Waals surface area contributed by atoms with E-state index in [2.05, 4.69) is 24.8 Å². The molecule has 2 saturated heterocycles. The zero-order valence-electron chi connectivity index (χ0n) is 17.1. The minimum Gasteiger partial charge on any atom is -0.394 e. The van der Waals surface area contributed by atoms with E-state index in [1.807, 2.05) is 0 Å². The number of benzene rings is 1. The molecule has 4 heterocycles. The van der Waals surface area contributed by atoms with E-state index >= 15 is 0 Å². The second-order valence-corrected chi connectivity index (χ2v) is 7.91. The summed E-state index contributed by atoms with van der Waals surface area (Å²) in [7, 11) is 0. The van der Waals surface area contributed by atoms with Crippen LogP contribution in [0.4, 0.5) is 21.8 Å². The fourth-order valence-electron chi connectivity index (χ4n) is 4.26. The number of nitrogens with zero attached hydrogens (tertiary/aromatic N) is 6. The number of rotatable bonds is 4. The van der Waals surface area contributed by atoms with E-state index in [1.165, 1.54) is 23.0 Å². The van der Waals surface area contributed by atoms with Gasteiger partial charge in [-0.05, 0) is 24.3 Å². The first-order valence-corrected chi connectivity index (χ1v) is 10.3. The molecule has 170 valence electrons. The van der Waals surface area contributed by atoms with Crippen LogP contribution >= 0.6 is 0 Å². The zero-order chi connectivity index (χ0) is 22.4. The quantitative estimate of drug-likeness (QED) is 0.414. The number of piperazine rings is 1. The normalized spacial score (nSPS) is 26.2. The molecule has 12 heteroatoms. The first kappa shape index (κ1) is 20.8. The van der Waals surface area contributed by atoms with Crippen LogP contribution in [0, 0.1) is 5.82 Å². The molecule has 11 nitrogen and oxygen atoms in total. The van der Waals surface area contributed by atoms with Crippen molar-refractivity contribution < 1.29 is 24.4 Å². The summed E-state index contributed by atoms with van der Waals surface area (Å²) in [4.78, 5) is 17.3. The molecule has 2 aromatic heterocycles. The lowest BCUT2D eigenvalue weighted by Crippen LogP contribution is -2.47. The Labute approximate surface area is 182 Å². The standard InChI is InChI=1S/C20H24FN7O4/c21-11-1-3-12(4-2-11)26-5-7-27(8-6-26)17-14-18(25-20(22)24-17)28(10-23-14)19-16(31)15(30)13(9-29)32-19/h1-4,10,13,15-16,19,29-31H,5-9H2,(H2,22,24,25)/t13-,15-,16-,19-/m1/s1. The lowest BCUT2D eigenvalue weighted by molar-refractivity contribution is -0.0511. The van der Waals surface area contributed by atoms with Gasteiger partial charge in [-0.2, -0.15) is 9.97 Å². The second-order valence-electron chi connectivity index (χ2n) is 7.91. The number of nitrogen functional groups attached to an aromatic ring is 1. The van der Waals surface area contributed by atoms with E-state index < -0.39 is 31.1 Å². The average Bonchev–Trinajstić information content (AvgIpc) is 3.34. The van der Waals surface area contributed by atoms with Gasteiger partial charge in [0.15, 0.2) is 23.2 Å². The molecule has 5 N–H and O–H groups in total. The van der Waals surface area contributed by atoms with Crippen LogP contribution in [0.15, 0.2) is 30.6 Å². The smallest absolute Gasteiger partial charge is 0.224 e. The van der Waals surface area contributed by atoms with Gasteiger partial charge in [0.05, 0.1) is 12.9 Å². The van der Waals surface area contributed by atoms with Gasteiger partial charge in [-0.25, -0.2) is 9.37 Å². The summed E-state index contributed by atoms with van der Waals surface area (Å²) in [6.07, 6.45) is -2.92. The minimum atomic E-state index is -1.26. The van der Waals surface area contributed by atoms with Crippen molar-refractivity contribution >= 4 is 28.6 Å². The number of ether oxygens (including phenoxy) is 1. The van der Waals surface area contributed by atoms with Crippen LogP contribution in [-0.2, 0) is 4.74 Å². The highest BCUT2D eigenvalue weighted by Gasteiger charge is 2.44. The maximum atomic E-state index is 13.2. The molecule has 0 saturated carbocycles. The molecule has 4 atom stereocenters. The predicted molar refractivity (Wildman–Crippen MR) is 114 cm³/mol. The van der Waals surface area contributed by atoms with Crippen molar-refractivity contribution in [1.29, 1.82) is 0 Å². The van der Waals surface area contributed by atoms with E-state index in [1.54, 1.807) is 12.1 Å². The summed E-state index contributed by atoms with van der Waals surface area (Å²) in [6, 6.07) is 6.41. The Hall–Kier alpha value is -3.06. The molecule has 2 fully saturated rings. The van der Waals surface area contributed by atoms with Crippen molar-refractivity contribution in [3.8, 4) is 0 Å². The molecule has 0 amide bonds. The third kappa shape index (κ3) is 3.50. The molecule has 5 rings (SSSR count). The number of aliphatic hydroxyl groups excluding tert-OH is 3. The van der Waals surface area contributed by atoms with Crippen molar-refractivity contribution in [3.05, 3.63) is 36.4 Å². The van der Waals surface area contributed by atoms with Crippen LogP contribution in [0.5, 0.6) is 0 Å². The number of hydrogen-bond acceptors (Lipinski definition) is 10. The van der Waals surface area contributed by atoms with Gasteiger partial charge in [0.25, 0.3) is 0 Å². The molecule has 0 bridgehead atoms. The Morgan fingerprint density at radius 3 is 2.38 bits per heavy atom. The summed E-state index contributed by atoms with van der Waals surface area (Å²) >= 11 is 0. The van der Waals surface area contributed by atoms with E-state index in [-0.39, 0.29) is 11.8 Å². The molecule has 3 aromatic rings. The van der Waals surface area contributed by atoms with Gasteiger partial charge in [0, 0.05) is 31.9 Å². The highest BCUT2D eigenvalue weighted by atomic mass is 19.1. The van der Waals surface area contributed by atoms with Crippen LogP contribution in [0.25, 0.3) is 11.2 Å². The maximum Gasteiger partial charge on any atom is 0.224 e. The molecule has 0 aliphatic carbocycles. The number of aromatic nitrogens is 4. The highest BCUT2D eigenvalue weighted by Crippen LogP contribution is 2.33. The average molecular weight is 445 g/mol. The van der Waals surface area contributed by atoms with Gasteiger partial charge in [-0.15, -0.1) is 0 Å². The van der Waals surface area contributed by atoms with Gasteiger partial charge in [0.1, 0.15) is 24.1 Å². The molecular formula is C20H24FN7O4. The predicted octanol–water partition coefficient (Wildman–Crippen LogP) is -0.514. The number of hydrogen-bond donors (Lipinski definition) is 4. The van der Waals surface area contributed by atoms with Crippen molar-refractivity contribution in [2.75, 3.05) is 48.3 Å². The lowest BCUT2D eigenvalue weighted by Gasteiger charge is -2.36. The van der Waals surface area contributed by atoms with E-state index in [9.17, 15) is 19.7 Å². The second kappa shape index (κ2) is 8.13. The Morgan fingerprint density at radius 2 is 1.72 bits per heavy atom. The van der Waals surface area contributed by atoms with Gasteiger partial charge in [-0.1, -0.05) is 0 Å². The third-order valence-corrected chi connectivity index (χ3v) is 5.98. The van der Waals surface area contributed by atoms with E-state index in [0.29, 0.717) is 43.2 Å². The Kier molecular flexibility index (Phi) is 5.29. The largest absolute Gasteiger partial charge is 0.394 e. The number of fused-ring (bicyclic) bond motifs is 1. The van der Waals surface area contributed by atoms with Crippen molar-refractivity contribution in [3.63, 3.8) is 0 Å². The molecule has 32 heavy (non-hydrogen) atoms. The highest BCUT2D eigenvalue weighted by molar-refractivity contribution is 5.85. The maximum absolute atomic E-state index is 13.2. The van der Waals surface area contributed by atoms with Gasteiger partial charge >= 0.3 is 0 Å². The van der Waals surface area contributed by atoms with Crippen molar-refractivity contribution in [2.24, 2.45) is 0 Å². The molecule has 0 radical (unpaired) electrons. The van der Waals surface area contributed by atoms with Crippen LogP contribution in [-0.4, -0.2) is 85.9 Å². The Balaban J connectivity index is 1.40. The fourth-order valence-corrected chi connectivity index (χ4v) is 4.26. The summed E-state index contributed by atoms with van der Waals surface area (Å²) < 4.78 is 20.3. The minimum absolute atomic E-state index is 0.0435. The third-order valence-electron chi connectivity index (χ3n) is 5.98. The summed E-state index contributed by atoms with van der Waals surface area (Å²) in [5.74, 6) is 0.342. The van der Waals surface area contributed by atoms with Crippen LogP contribution < -0.4 is 15.5 Å². The number of anilines is 3. The fraction of sp³-hybridized carbons (Fsp3) is 0.450. The molecule has 0 spiro atoms. The number of imidazole rings is 1. The van der Waals surface area contributed by atoms with Crippen LogP contribution in [0.3, 0.4) is 0 Å². The van der Waals surface area contributed by atoms with E-state index in [4.69, 9.17) is 10.5 Å². The topological polar surface area (TPSA) is 146 Å². The van der Waals surface area contributed by atoms with Crippen molar-refractivity contribution in [1.82, 2.24) is 19.5 Å². The lowest BCUT2D eigenvalue weighted by atomic mass is 10.1. The number of nitrogens with two attached hydrogens (primary N) is 1. The molecule has 2 aliphatic rings. The Bertz CT molecular complexity index is 1100. The summed E-state index contributed by atoms with van der Waals surface area (Å²) in [5, 5.41) is 29.8. The van der Waals surface area contributed by atoms with Crippen molar-refractivity contribution in [2.45, 2.75) is 24.5 Å². The first-order chi connectivity index (χ1) is 15.5. The number of aliphatic hydroxyl groups is 3. The zero-order valence-corrected chi connectivity index (χ0v) is 17.1. The first-order valence-electron chi connectivity index (χ1n) is 10.3. The Morgan fingerprint density at radius 1 is 1.03 bits per heavy atom. The number of halogens is 1. The van der Waals surface area contributed by atoms with Crippen LogP contribution in [0.1, 0.15) is 6.23 Å².